The third-order valence-electron chi connectivity index (χ3n) is 2.52. The molecule has 0 fully saturated rings. The first-order valence-corrected chi connectivity index (χ1v) is 6.76. The summed E-state index contributed by atoms with van der Waals surface area (Å²) in [7, 11) is 0. The lowest BCUT2D eigenvalue weighted by Crippen LogP contribution is -2.43. The molecule has 0 spiro atoms. The summed E-state index contributed by atoms with van der Waals surface area (Å²) in [6.07, 6.45) is 1.90. The van der Waals surface area contributed by atoms with Crippen LogP contribution in [0.1, 0.15) is 12.7 Å². The highest BCUT2D eigenvalue weighted by Gasteiger charge is 2.23. The fourth-order valence-corrected chi connectivity index (χ4v) is 2.24. The number of hydrogen-bond acceptors (Lipinski definition) is 4. The summed E-state index contributed by atoms with van der Waals surface area (Å²) in [5.41, 5.74) is -1.05. The van der Waals surface area contributed by atoms with Crippen LogP contribution in [0.5, 0.6) is 0 Å². The highest BCUT2D eigenvalue weighted by atomic mass is 32.1. The molecule has 0 aliphatic carbocycles. The molecule has 2 rings (SSSR count). The molecule has 102 valence electrons. The lowest BCUT2D eigenvalue weighted by atomic mass is 10.0. The number of hydrogen-bond donors (Lipinski definition) is 3. The van der Waals surface area contributed by atoms with Gasteiger partial charge in [-0.25, -0.2) is 4.79 Å². The maximum absolute atomic E-state index is 11.6. The van der Waals surface area contributed by atoms with E-state index in [1.54, 1.807) is 25.3 Å². The molecule has 0 saturated carbocycles. The van der Waals surface area contributed by atoms with Crippen LogP contribution < -0.4 is 10.6 Å². The number of aliphatic hydroxyl groups is 1. The fourth-order valence-electron chi connectivity index (χ4n) is 1.63. The quantitative estimate of drug-likeness (QED) is 0.787. The van der Waals surface area contributed by atoms with Crippen LogP contribution in [0.3, 0.4) is 0 Å². The molecule has 1 atom stereocenters. The van der Waals surface area contributed by atoms with Crippen molar-refractivity contribution < 1.29 is 14.3 Å². The number of rotatable bonds is 5. The van der Waals surface area contributed by atoms with Gasteiger partial charge in [0.05, 0.1) is 16.9 Å². The van der Waals surface area contributed by atoms with Gasteiger partial charge in [-0.3, -0.25) is 5.32 Å². The highest BCUT2D eigenvalue weighted by Crippen LogP contribution is 2.15. The van der Waals surface area contributed by atoms with E-state index >= 15 is 0 Å². The van der Waals surface area contributed by atoms with Crippen molar-refractivity contribution in [1.29, 1.82) is 0 Å². The maximum Gasteiger partial charge on any atom is 0.319 e. The highest BCUT2D eigenvalue weighted by molar-refractivity contribution is 7.14. The molecule has 0 bridgehead atoms. The van der Waals surface area contributed by atoms with Crippen molar-refractivity contribution >= 4 is 22.4 Å². The molecule has 0 aliphatic heterocycles. The molecule has 2 aromatic heterocycles. The van der Waals surface area contributed by atoms with Crippen molar-refractivity contribution in [2.24, 2.45) is 0 Å². The van der Waals surface area contributed by atoms with E-state index in [1.165, 1.54) is 11.3 Å². The van der Waals surface area contributed by atoms with Crippen LogP contribution in [0, 0.1) is 0 Å². The number of anilines is 1. The smallest absolute Gasteiger partial charge is 0.319 e. The summed E-state index contributed by atoms with van der Waals surface area (Å²) in [6, 6.07) is 6.89. The zero-order valence-electron chi connectivity index (χ0n) is 10.6. The van der Waals surface area contributed by atoms with E-state index in [4.69, 9.17) is 4.42 Å². The Bertz CT molecular complexity index is 506. The Morgan fingerprint density at radius 2 is 2.32 bits per heavy atom. The number of urea groups is 1. The van der Waals surface area contributed by atoms with Gasteiger partial charge < -0.3 is 14.8 Å². The summed E-state index contributed by atoms with van der Waals surface area (Å²) < 4.78 is 5.17. The van der Waals surface area contributed by atoms with Crippen LogP contribution >= 0.6 is 11.3 Å². The minimum atomic E-state index is -1.05. The van der Waals surface area contributed by atoms with E-state index in [0.717, 1.165) is 5.00 Å². The van der Waals surface area contributed by atoms with Crippen LogP contribution in [0.15, 0.2) is 40.3 Å². The van der Waals surface area contributed by atoms with Crippen LogP contribution in [-0.4, -0.2) is 23.3 Å². The molecule has 19 heavy (non-hydrogen) atoms. The van der Waals surface area contributed by atoms with Crippen molar-refractivity contribution in [3.8, 4) is 0 Å². The topological polar surface area (TPSA) is 74.5 Å². The third-order valence-corrected chi connectivity index (χ3v) is 3.31. The molecule has 5 nitrogen and oxygen atoms in total. The van der Waals surface area contributed by atoms with Crippen molar-refractivity contribution in [3.63, 3.8) is 0 Å². The Kier molecular flexibility index (Phi) is 4.24. The van der Waals surface area contributed by atoms with Crippen LogP contribution in [0.25, 0.3) is 0 Å². The second-order valence-corrected chi connectivity index (χ2v) is 5.49. The molecule has 0 saturated heterocycles. The van der Waals surface area contributed by atoms with Crippen molar-refractivity contribution in [1.82, 2.24) is 5.32 Å². The largest absolute Gasteiger partial charge is 0.469 e. The van der Waals surface area contributed by atoms with Gasteiger partial charge in [-0.15, -0.1) is 11.3 Å². The van der Waals surface area contributed by atoms with Gasteiger partial charge in [0, 0.05) is 13.0 Å². The molecule has 0 aromatic carbocycles. The summed E-state index contributed by atoms with van der Waals surface area (Å²) >= 11 is 1.44. The zero-order chi connectivity index (χ0) is 13.7. The number of carbonyl (C=O) groups is 1. The summed E-state index contributed by atoms with van der Waals surface area (Å²) in [4.78, 5) is 11.6. The lowest BCUT2D eigenvalue weighted by Gasteiger charge is -2.22. The minimum absolute atomic E-state index is 0.144. The van der Waals surface area contributed by atoms with Gasteiger partial charge >= 0.3 is 6.03 Å². The Labute approximate surface area is 115 Å². The van der Waals surface area contributed by atoms with Crippen LogP contribution in [0.4, 0.5) is 9.80 Å². The Morgan fingerprint density at radius 3 is 2.95 bits per heavy atom. The van der Waals surface area contributed by atoms with Crippen molar-refractivity contribution in [2.45, 2.75) is 18.9 Å². The molecule has 3 N–H and O–H groups in total. The molecule has 2 heterocycles. The van der Waals surface area contributed by atoms with Gasteiger partial charge in [0.1, 0.15) is 5.76 Å². The number of thiophene rings is 1. The van der Waals surface area contributed by atoms with E-state index in [1.807, 2.05) is 17.5 Å². The molecule has 2 amide bonds. The van der Waals surface area contributed by atoms with Gasteiger partial charge in [-0.1, -0.05) is 0 Å². The molecule has 6 heteroatoms. The van der Waals surface area contributed by atoms with E-state index in [2.05, 4.69) is 10.6 Å². The Hall–Kier alpha value is -1.79. The Balaban J connectivity index is 1.78. The average Bonchev–Trinajstić information content (AvgIpc) is 2.99. The molecule has 0 aliphatic rings. The normalized spacial score (nSPS) is 13.8. The predicted octanol–water partition coefficient (Wildman–Crippen LogP) is 2.46. The number of nitrogens with one attached hydrogen (secondary N) is 2. The van der Waals surface area contributed by atoms with Gasteiger partial charge in [-0.05, 0) is 36.6 Å². The maximum atomic E-state index is 11.6. The van der Waals surface area contributed by atoms with Gasteiger partial charge in [0.25, 0.3) is 0 Å². The predicted molar refractivity (Wildman–Crippen MR) is 74.4 cm³/mol. The number of carbonyl (C=O) groups excluding carboxylic acids is 1. The fraction of sp³-hybridized carbons (Fsp3) is 0.308. The SMILES string of the molecule is C[C@@](O)(CNC(=O)Nc1cccs1)Cc1ccco1. The zero-order valence-corrected chi connectivity index (χ0v) is 11.4. The van der Waals surface area contributed by atoms with Gasteiger partial charge in [0.15, 0.2) is 0 Å². The van der Waals surface area contributed by atoms with Crippen LogP contribution in [-0.2, 0) is 6.42 Å². The first-order valence-electron chi connectivity index (χ1n) is 5.88. The van der Waals surface area contributed by atoms with Crippen molar-refractivity contribution in [2.75, 3.05) is 11.9 Å². The first-order chi connectivity index (χ1) is 9.05. The third kappa shape index (κ3) is 4.42. The molecular weight excluding hydrogens is 264 g/mol. The second-order valence-electron chi connectivity index (χ2n) is 4.54. The monoisotopic (exact) mass is 280 g/mol. The molecule has 0 radical (unpaired) electrons. The van der Waals surface area contributed by atoms with Gasteiger partial charge in [-0.2, -0.15) is 0 Å². The van der Waals surface area contributed by atoms with E-state index < -0.39 is 5.60 Å². The number of furan rings is 1. The minimum Gasteiger partial charge on any atom is -0.469 e. The lowest BCUT2D eigenvalue weighted by molar-refractivity contribution is 0.0577. The van der Waals surface area contributed by atoms with E-state index in [9.17, 15) is 9.90 Å². The second kappa shape index (κ2) is 5.90. The van der Waals surface area contributed by atoms with Crippen molar-refractivity contribution in [3.05, 3.63) is 41.7 Å². The standard InChI is InChI=1S/C13H16N2O3S/c1-13(17,8-10-4-2-6-18-10)9-14-12(16)15-11-5-3-7-19-11/h2-7,17H,8-9H2,1H3,(H2,14,15,16)/t13-/m0/s1. The van der Waals surface area contributed by atoms with Gasteiger partial charge in [0.2, 0.25) is 0 Å². The summed E-state index contributed by atoms with van der Waals surface area (Å²) in [5.74, 6) is 0.686. The first kappa shape index (κ1) is 13.6. The molecule has 2 aromatic rings. The van der Waals surface area contributed by atoms with E-state index in [0.29, 0.717) is 12.2 Å². The molecule has 0 unspecified atom stereocenters. The van der Waals surface area contributed by atoms with E-state index in [-0.39, 0.29) is 12.6 Å². The van der Waals surface area contributed by atoms with Crippen LogP contribution in [0.2, 0.25) is 0 Å². The number of amides is 2. The Morgan fingerprint density at radius 1 is 1.47 bits per heavy atom. The molecular formula is C13H16N2O3S. The average molecular weight is 280 g/mol. The summed E-state index contributed by atoms with van der Waals surface area (Å²) in [5, 5.41) is 18.1. The summed E-state index contributed by atoms with van der Waals surface area (Å²) in [6.45, 7) is 1.80.